The van der Waals surface area contributed by atoms with E-state index in [1.165, 1.54) is 0 Å². The second kappa shape index (κ2) is 4.46. The first-order chi connectivity index (χ1) is 8.74. The van der Waals surface area contributed by atoms with Crippen molar-refractivity contribution < 1.29 is 5.11 Å². The lowest BCUT2D eigenvalue weighted by Crippen LogP contribution is -2.30. The second-order valence-electron chi connectivity index (χ2n) is 4.77. The summed E-state index contributed by atoms with van der Waals surface area (Å²) in [5, 5.41) is 14.4. The number of anilines is 1. The number of benzene rings is 1. The predicted molar refractivity (Wildman–Crippen MR) is 70.3 cm³/mol. The summed E-state index contributed by atoms with van der Waals surface area (Å²) in [7, 11) is 1.93. The largest absolute Gasteiger partial charge is 0.388 e. The second-order valence-corrected chi connectivity index (χ2v) is 4.77. The van der Waals surface area contributed by atoms with E-state index in [0.29, 0.717) is 0 Å². The molecule has 3 rings (SSSR count). The Kier molecular flexibility index (Phi) is 2.80. The first kappa shape index (κ1) is 11.3. The third kappa shape index (κ3) is 1.99. The first-order valence-corrected chi connectivity index (χ1v) is 6.24. The van der Waals surface area contributed by atoms with Gasteiger partial charge < -0.3 is 10.0 Å². The summed E-state index contributed by atoms with van der Waals surface area (Å²) in [6.45, 7) is 1.67. The highest BCUT2D eigenvalue weighted by molar-refractivity contribution is 5.56. The third-order valence-electron chi connectivity index (χ3n) is 3.43. The highest BCUT2D eigenvalue weighted by atomic mass is 16.3. The average Bonchev–Trinajstić information content (AvgIpc) is 2.79. The molecule has 4 nitrogen and oxygen atoms in total. The van der Waals surface area contributed by atoms with Crippen LogP contribution in [0.5, 0.6) is 0 Å². The molecular formula is C14H17N3O. The number of hydrogen-bond acceptors (Lipinski definition) is 3. The fraction of sp³-hybridized carbons (Fsp3) is 0.357. The number of fused-ring (bicyclic) bond motifs is 1. The Morgan fingerprint density at radius 2 is 2.17 bits per heavy atom. The van der Waals surface area contributed by atoms with Gasteiger partial charge in [-0.25, -0.2) is 0 Å². The van der Waals surface area contributed by atoms with Gasteiger partial charge in [-0.15, -0.1) is 0 Å². The van der Waals surface area contributed by atoms with Gasteiger partial charge in [-0.05, 0) is 18.6 Å². The first-order valence-electron chi connectivity index (χ1n) is 6.24. The van der Waals surface area contributed by atoms with Crippen LogP contribution in [0.4, 0.5) is 5.69 Å². The van der Waals surface area contributed by atoms with E-state index in [9.17, 15) is 5.11 Å². The van der Waals surface area contributed by atoms with Gasteiger partial charge in [0.25, 0.3) is 0 Å². The number of aromatic nitrogens is 2. The molecule has 1 aromatic carbocycles. The van der Waals surface area contributed by atoms with Crippen molar-refractivity contribution in [3.05, 3.63) is 47.8 Å². The molecule has 2 aromatic rings. The molecule has 0 aliphatic carbocycles. The molecule has 1 unspecified atom stereocenters. The molecule has 1 atom stereocenters. The Morgan fingerprint density at radius 3 is 2.94 bits per heavy atom. The van der Waals surface area contributed by atoms with Crippen molar-refractivity contribution in [2.75, 3.05) is 11.4 Å². The van der Waals surface area contributed by atoms with Crippen LogP contribution in [-0.2, 0) is 13.6 Å². The maximum Gasteiger partial charge on any atom is 0.0826 e. The number of aliphatic hydroxyl groups is 1. The fourth-order valence-corrected chi connectivity index (χ4v) is 2.52. The fourth-order valence-electron chi connectivity index (χ4n) is 2.52. The maximum absolute atomic E-state index is 10.0. The minimum absolute atomic E-state index is 0.332. The van der Waals surface area contributed by atoms with E-state index in [-0.39, 0.29) is 6.10 Å². The minimum Gasteiger partial charge on any atom is -0.388 e. The van der Waals surface area contributed by atoms with E-state index in [0.717, 1.165) is 36.5 Å². The Bertz CT molecular complexity index is 549. The lowest BCUT2D eigenvalue weighted by molar-refractivity contribution is 0.164. The molecule has 4 heteroatoms. The van der Waals surface area contributed by atoms with Crippen LogP contribution in [0.15, 0.2) is 36.5 Å². The van der Waals surface area contributed by atoms with E-state index in [1.54, 1.807) is 0 Å². The zero-order chi connectivity index (χ0) is 12.5. The molecule has 0 bridgehead atoms. The van der Waals surface area contributed by atoms with Crippen LogP contribution in [0.2, 0.25) is 0 Å². The van der Waals surface area contributed by atoms with Gasteiger partial charge in [-0.3, -0.25) is 4.68 Å². The smallest absolute Gasteiger partial charge is 0.0826 e. The van der Waals surface area contributed by atoms with Gasteiger partial charge in [0.1, 0.15) is 0 Å². The van der Waals surface area contributed by atoms with Crippen LogP contribution in [0, 0.1) is 0 Å². The molecule has 18 heavy (non-hydrogen) atoms. The van der Waals surface area contributed by atoms with Crippen LogP contribution in [0.25, 0.3) is 0 Å². The molecule has 0 spiro atoms. The highest BCUT2D eigenvalue weighted by Crippen LogP contribution is 2.33. The summed E-state index contributed by atoms with van der Waals surface area (Å²) in [6, 6.07) is 10.1. The normalized spacial score (nSPS) is 18.8. The number of rotatable bonds is 2. The van der Waals surface area contributed by atoms with E-state index in [2.05, 4.69) is 16.1 Å². The summed E-state index contributed by atoms with van der Waals surface area (Å²) in [4.78, 5) is 2.28. The third-order valence-corrected chi connectivity index (χ3v) is 3.43. The SMILES string of the molecule is Cn1ccc(CN2CCC(O)c3ccccc32)n1. The lowest BCUT2D eigenvalue weighted by atomic mass is 9.99. The van der Waals surface area contributed by atoms with Gasteiger partial charge >= 0.3 is 0 Å². The Morgan fingerprint density at radius 1 is 1.33 bits per heavy atom. The van der Waals surface area contributed by atoms with E-state index < -0.39 is 0 Å². The van der Waals surface area contributed by atoms with Gasteiger partial charge in [0.15, 0.2) is 0 Å². The van der Waals surface area contributed by atoms with Crippen LogP contribution >= 0.6 is 0 Å². The van der Waals surface area contributed by atoms with Crippen molar-refractivity contribution >= 4 is 5.69 Å². The topological polar surface area (TPSA) is 41.3 Å². The summed E-state index contributed by atoms with van der Waals surface area (Å²) >= 11 is 0. The molecule has 1 aliphatic rings. The molecule has 0 fully saturated rings. The van der Waals surface area contributed by atoms with Crippen molar-refractivity contribution in [1.29, 1.82) is 0 Å². The summed E-state index contributed by atoms with van der Waals surface area (Å²) < 4.78 is 1.82. The van der Waals surface area contributed by atoms with Gasteiger partial charge in [-0.1, -0.05) is 18.2 Å². The van der Waals surface area contributed by atoms with Gasteiger partial charge in [-0.2, -0.15) is 5.10 Å². The minimum atomic E-state index is -0.332. The van der Waals surface area contributed by atoms with Crippen LogP contribution < -0.4 is 4.90 Å². The van der Waals surface area contributed by atoms with Crippen LogP contribution in [0.3, 0.4) is 0 Å². The van der Waals surface area contributed by atoms with Crippen molar-refractivity contribution in [2.24, 2.45) is 7.05 Å². The van der Waals surface area contributed by atoms with Gasteiger partial charge in [0.05, 0.1) is 18.3 Å². The molecule has 0 radical (unpaired) electrons. The summed E-state index contributed by atoms with van der Waals surface area (Å²) in [6.07, 6.45) is 2.41. The van der Waals surface area contributed by atoms with Crippen LogP contribution in [-0.4, -0.2) is 21.4 Å². The monoisotopic (exact) mass is 243 g/mol. The molecular weight excluding hydrogens is 226 g/mol. The molecule has 2 heterocycles. The zero-order valence-corrected chi connectivity index (χ0v) is 10.5. The Labute approximate surface area is 106 Å². The number of aryl methyl sites for hydroxylation is 1. The molecule has 0 saturated heterocycles. The average molecular weight is 243 g/mol. The van der Waals surface area contributed by atoms with Crippen LogP contribution in [0.1, 0.15) is 23.8 Å². The number of aliphatic hydroxyl groups excluding tert-OH is 1. The van der Waals surface area contributed by atoms with E-state index >= 15 is 0 Å². The lowest BCUT2D eigenvalue weighted by Gasteiger charge is -2.33. The maximum atomic E-state index is 10.0. The Hall–Kier alpha value is -1.81. The summed E-state index contributed by atoms with van der Waals surface area (Å²) in [5.74, 6) is 0. The molecule has 1 aliphatic heterocycles. The molecule has 1 N–H and O–H groups in total. The number of para-hydroxylation sites is 1. The highest BCUT2D eigenvalue weighted by Gasteiger charge is 2.23. The number of hydrogen-bond donors (Lipinski definition) is 1. The molecule has 1 aromatic heterocycles. The van der Waals surface area contributed by atoms with Crippen molar-refractivity contribution in [2.45, 2.75) is 19.1 Å². The Balaban J connectivity index is 1.88. The standard InChI is InChI=1S/C14H17N3O/c1-16-8-6-11(15-16)10-17-9-7-14(18)12-4-2-3-5-13(12)17/h2-6,8,14,18H,7,9-10H2,1H3. The molecule has 94 valence electrons. The van der Waals surface area contributed by atoms with Gasteiger partial charge in [0.2, 0.25) is 0 Å². The van der Waals surface area contributed by atoms with Crippen molar-refractivity contribution in [1.82, 2.24) is 9.78 Å². The van der Waals surface area contributed by atoms with E-state index in [4.69, 9.17) is 0 Å². The van der Waals surface area contributed by atoms with Gasteiger partial charge in [0, 0.05) is 31.0 Å². The van der Waals surface area contributed by atoms with Crippen molar-refractivity contribution in [3.63, 3.8) is 0 Å². The quantitative estimate of drug-likeness (QED) is 0.875. The summed E-state index contributed by atoms with van der Waals surface area (Å²) in [5.41, 5.74) is 3.21. The zero-order valence-electron chi connectivity index (χ0n) is 10.5. The van der Waals surface area contributed by atoms with E-state index in [1.807, 2.05) is 42.2 Å². The number of nitrogens with zero attached hydrogens (tertiary/aromatic N) is 3. The molecule has 0 amide bonds. The predicted octanol–water partition coefficient (Wildman–Crippen LogP) is 1.86. The van der Waals surface area contributed by atoms with Crippen molar-refractivity contribution in [3.8, 4) is 0 Å². The molecule has 0 saturated carbocycles.